The Balaban J connectivity index is 1.47. The molecule has 1 aliphatic heterocycles. The Kier molecular flexibility index (Phi) is 9.77. The van der Waals surface area contributed by atoms with Gasteiger partial charge in [0.05, 0.1) is 12.0 Å². The van der Waals surface area contributed by atoms with Crippen molar-refractivity contribution in [3.05, 3.63) is 41.4 Å². The molecule has 32 heavy (non-hydrogen) atoms. The van der Waals surface area contributed by atoms with Crippen LogP contribution in [0.4, 0.5) is 0 Å². The summed E-state index contributed by atoms with van der Waals surface area (Å²) in [6, 6.07) is 7.07. The second-order valence-electron chi connectivity index (χ2n) is 9.04. The normalized spacial score (nSPS) is 29.6. The summed E-state index contributed by atoms with van der Waals surface area (Å²) in [4.78, 5) is 11.4. The molecule has 0 spiro atoms. The van der Waals surface area contributed by atoms with Gasteiger partial charge in [-0.3, -0.25) is 4.79 Å². The van der Waals surface area contributed by atoms with Crippen LogP contribution >= 0.6 is 23.4 Å². The molecule has 1 heterocycles. The third-order valence-corrected chi connectivity index (χ3v) is 8.66. The molecule has 1 saturated carbocycles. The van der Waals surface area contributed by atoms with Crippen molar-refractivity contribution in [2.45, 2.75) is 74.6 Å². The number of halogens is 1. The highest BCUT2D eigenvalue weighted by Gasteiger charge is 2.44. The second kappa shape index (κ2) is 12.3. The maximum Gasteiger partial charge on any atom is 0.306 e. The molecule has 178 valence electrons. The lowest BCUT2D eigenvalue weighted by molar-refractivity contribution is -0.142. The molecule has 7 atom stereocenters. The molecular formula is C25H35ClO5S. The number of aliphatic hydroxyl groups excluding tert-OH is 2. The Hall–Kier alpha value is -1.21. The van der Waals surface area contributed by atoms with Crippen molar-refractivity contribution in [1.29, 1.82) is 0 Å². The highest BCUT2D eigenvalue weighted by molar-refractivity contribution is 8.00. The van der Waals surface area contributed by atoms with Gasteiger partial charge in [-0.15, -0.1) is 0 Å². The number of thioether (sulfide) groups is 1. The highest BCUT2D eigenvalue weighted by Crippen LogP contribution is 2.50. The molecule has 5 nitrogen and oxygen atoms in total. The van der Waals surface area contributed by atoms with Crippen LogP contribution in [0.3, 0.4) is 0 Å². The number of fused-ring (bicyclic) bond motifs is 1. The van der Waals surface area contributed by atoms with Crippen LogP contribution in [0.5, 0.6) is 5.75 Å². The van der Waals surface area contributed by atoms with E-state index in [1.165, 1.54) is 0 Å². The lowest BCUT2D eigenvalue weighted by Crippen LogP contribution is -2.27. The number of hydrogen-bond donors (Lipinski definition) is 3. The summed E-state index contributed by atoms with van der Waals surface area (Å²) in [5.74, 6) is 0.143. The standard InChI is InChI=1S/C25H35ClO5S/c1-2-4-16(25(29)30)7-9-20-10-12-22-21(23(28)14-24(22)32-20)11-8-18(27)15-31-19-6-3-5-17(26)13-19/h3,5-6,8,11,13,16,18,20-24,27-28H,2,4,7,9-10,12,14-15H2,1H3,(H,29,30)/t16?,18-,20+,21-,22-,23-,24+/m1/s1. The number of aliphatic carboxylic acids is 1. The van der Waals surface area contributed by atoms with Crippen LogP contribution in [0.2, 0.25) is 5.02 Å². The summed E-state index contributed by atoms with van der Waals surface area (Å²) in [7, 11) is 0. The van der Waals surface area contributed by atoms with E-state index in [-0.39, 0.29) is 18.4 Å². The average molecular weight is 483 g/mol. The molecule has 1 aliphatic carbocycles. The molecule has 0 aromatic heterocycles. The number of carbonyl (C=O) groups is 1. The van der Waals surface area contributed by atoms with Gasteiger partial charge in [-0.25, -0.2) is 0 Å². The van der Waals surface area contributed by atoms with E-state index in [4.69, 9.17) is 16.3 Å². The molecule has 0 radical (unpaired) electrons. The maximum absolute atomic E-state index is 11.4. The second-order valence-corrected chi connectivity index (χ2v) is 11.0. The number of carboxylic acids is 1. The first kappa shape index (κ1) is 25.4. The van der Waals surface area contributed by atoms with Gasteiger partial charge in [-0.1, -0.05) is 43.2 Å². The molecule has 1 aromatic rings. The third kappa shape index (κ3) is 7.14. The first-order valence-corrected chi connectivity index (χ1v) is 13.0. The quantitative estimate of drug-likeness (QED) is 0.377. The van der Waals surface area contributed by atoms with Crippen molar-refractivity contribution < 1.29 is 24.9 Å². The molecule has 7 heteroatoms. The zero-order valence-electron chi connectivity index (χ0n) is 18.6. The number of hydrogen-bond acceptors (Lipinski definition) is 5. The third-order valence-electron chi connectivity index (χ3n) is 6.68. The fourth-order valence-electron chi connectivity index (χ4n) is 4.99. The Morgan fingerprint density at radius 2 is 2.16 bits per heavy atom. The van der Waals surface area contributed by atoms with Crippen LogP contribution < -0.4 is 4.74 Å². The van der Waals surface area contributed by atoms with Gasteiger partial charge in [-0.05, 0) is 62.6 Å². The molecule has 3 N–H and O–H groups in total. The zero-order chi connectivity index (χ0) is 23.1. The summed E-state index contributed by atoms with van der Waals surface area (Å²) in [6.07, 6.45) is 8.71. The molecular weight excluding hydrogens is 448 g/mol. The van der Waals surface area contributed by atoms with Gasteiger partial charge in [0.25, 0.3) is 0 Å². The first-order chi connectivity index (χ1) is 15.4. The Morgan fingerprint density at radius 1 is 1.34 bits per heavy atom. The van der Waals surface area contributed by atoms with E-state index in [2.05, 4.69) is 0 Å². The van der Waals surface area contributed by atoms with E-state index in [1.807, 2.05) is 24.8 Å². The predicted octanol–water partition coefficient (Wildman–Crippen LogP) is 5.18. The van der Waals surface area contributed by atoms with Crippen LogP contribution in [0.1, 0.15) is 51.9 Å². The Morgan fingerprint density at radius 3 is 2.88 bits per heavy atom. The molecule has 1 unspecified atom stereocenters. The summed E-state index contributed by atoms with van der Waals surface area (Å²) in [5.41, 5.74) is 0. The molecule has 1 saturated heterocycles. The van der Waals surface area contributed by atoms with Gasteiger partial charge < -0.3 is 20.1 Å². The van der Waals surface area contributed by atoms with E-state index in [9.17, 15) is 20.1 Å². The zero-order valence-corrected chi connectivity index (χ0v) is 20.2. The summed E-state index contributed by atoms with van der Waals surface area (Å²) in [6.45, 7) is 2.16. The molecule has 2 aliphatic rings. The van der Waals surface area contributed by atoms with Gasteiger partial charge in [-0.2, -0.15) is 11.8 Å². The van der Waals surface area contributed by atoms with E-state index in [1.54, 1.807) is 30.3 Å². The van der Waals surface area contributed by atoms with E-state index >= 15 is 0 Å². The van der Waals surface area contributed by atoms with Crippen LogP contribution in [-0.2, 0) is 4.79 Å². The van der Waals surface area contributed by atoms with Gasteiger partial charge >= 0.3 is 5.97 Å². The van der Waals surface area contributed by atoms with Crippen molar-refractivity contribution >= 4 is 29.3 Å². The van der Waals surface area contributed by atoms with Crippen molar-refractivity contribution in [3.8, 4) is 5.75 Å². The van der Waals surface area contributed by atoms with Crippen molar-refractivity contribution in [2.75, 3.05) is 6.61 Å². The Bertz CT molecular complexity index is 772. The SMILES string of the molecule is CCCC(CC[C@H]1CC[C@@H]2[C@@H](C=C[C@@H](O)COc3cccc(Cl)c3)[C@H](O)C[C@@H]2S1)C(=O)O. The number of aliphatic hydroxyl groups is 2. The molecule has 0 bridgehead atoms. The summed E-state index contributed by atoms with van der Waals surface area (Å²) in [5, 5.41) is 31.8. The van der Waals surface area contributed by atoms with Crippen LogP contribution in [0, 0.1) is 17.8 Å². The fourth-order valence-corrected chi connectivity index (χ4v) is 7.04. The minimum absolute atomic E-state index is 0.0427. The number of benzene rings is 1. The lowest BCUT2D eigenvalue weighted by atomic mass is 9.87. The van der Waals surface area contributed by atoms with Gasteiger partial charge in [0.1, 0.15) is 18.5 Å². The summed E-state index contributed by atoms with van der Waals surface area (Å²) >= 11 is 7.89. The Labute approximate surface area is 200 Å². The topological polar surface area (TPSA) is 87.0 Å². The van der Waals surface area contributed by atoms with E-state index in [0.717, 1.165) is 44.9 Å². The number of ether oxygens (including phenoxy) is 1. The molecule has 2 fully saturated rings. The minimum Gasteiger partial charge on any atom is -0.491 e. The maximum atomic E-state index is 11.4. The van der Waals surface area contributed by atoms with Gasteiger partial charge in [0.15, 0.2) is 0 Å². The average Bonchev–Trinajstić information content (AvgIpc) is 3.07. The largest absolute Gasteiger partial charge is 0.491 e. The smallest absolute Gasteiger partial charge is 0.306 e. The molecule has 3 rings (SSSR count). The molecule has 1 aromatic carbocycles. The number of carboxylic acid groups (broad SMARTS) is 1. The lowest BCUT2D eigenvalue weighted by Gasteiger charge is -2.33. The van der Waals surface area contributed by atoms with Gasteiger partial charge in [0, 0.05) is 21.4 Å². The number of rotatable bonds is 11. The fraction of sp³-hybridized carbons (Fsp3) is 0.640. The van der Waals surface area contributed by atoms with Crippen LogP contribution in [0.25, 0.3) is 0 Å². The monoisotopic (exact) mass is 482 g/mol. The molecule has 0 amide bonds. The summed E-state index contributed by atoms with van der Waals surface area (Å²) < 4.78 is 5.60. The minimum atomic E-state index is -0.754. The van der Waals surface area contributed by atoms with Crippen molar-refractivity contribution in [3.63, 3.8) is 0 Å². The highest BCUT2D eigenvalue weighted by atomic mass is 35.5. The van der Waals surface area contributed by atoms with Gasteiger partial charge in [0.2, 0.25) is 0 Å². The first-order valence-electron chi connectivity index (χ1n) is 11.7. The van der Waals surface area contributed by atoms with E-state index < -0.39 is 18.2 Å². The van der Waals surface area contributed by atoms with E-state index in [0.29, 0.717) is 27.2 Å². The van der Waals surface area contributed by atoms with Crippen molar-refractivity contribution in [2.24, 2.45) is 17.8 Å². The van der Waals surface area contributed by atoms with Crippen molar-refractivity contribution in [1.82, 2.24) is 0 Å². The van der Waals surface area contributed by atoms with Crippen LogP contribution in [-0.4, -0.2) is 50.6 Å². The van der Waals surface area contributed by atoms with Crippen LogP contribution in [0.15, 0.2) is 36.4 Å². The predicted molar refractivity (Wildman–Crippen MR) is 129 cm³/mol.